The average Bonchev–Trinajstić information content (AvgIpc) is 2.29. The van der Waals surface area contributed by atoms with Gasteiger partial charge in [0.15, 0.2) is 0 Å². The van der Waals surface area contributed by atoms with E-state index in [1.807, 2.05) is 7.05 Å². The molecule has 102 valence electrons. The normalized spacial score (nSPS) is 20.0. The third kappa shape index (κ3) is 4.54. The second-order valence-electron chi connectivity index (χ2n) is 4.80. The molecule has 1 rings (SSSR count). The lowest BCUT2D eigenvalue weighted by Crippen LogP contribution is -2.51. The Balaban J connectivity index is 2.41. The van der Waals surface area contributed by atoms with Gasteiger partial charge in [0.05, 0.1) is 5.75 Å². The summed E-state index contributed by atoms with van der Waals surface area (Å²) in [6.45, 7) is 8.03. The molecule has 0 radical (unpaired) electrons. The van der Waals surface area contributed by atoms with Crippen molar-refractivity contribution in [3.8, 4) is 0 Å². The average molecular weight is 263 g/mol. The Morgan fingerprint density at radius 2 is 1.76 bits per heavy atom. The molecule has 0 aromatic heterocycles. The number of nitrogens with one attached hydrogen (secondary N) is 1. The quantitative estimate of drug-likeness (QED) is 0.683. The summed E-state index contributed by atoms with van der Waals surface area (Å²) < 4.78 is 25.7. The van der Waals surface area contributed by atoms with Gasteiger partial charge in [-0.25, -0.2) is 8.42 Å². The fourth-order valence-electron chi connectivity index (χ4n) is 2.06. The van der Waals surface area contributed by atoms with Crippen LogP contribution in [-0.2, 0) is 10.0 Å². The third-order valence-electron chi connectivity index (χ3n) is 3.23. The van der Waals surface area contributed by atoms with E-state index in [2.05, 4.69) is 24.1 Å². The van der Waals surface area contributed by atoms with Crippen molar-refractivity contribution in [3.05, 3.63) is 0 Å². The molecule has 1 heterocycles. The lowest BCUT2D eigenvalue weighted by molar-refractivity contribution is 0.154. The van der Waals surface area contributed by atoms with Crippen LogP contribution >= 0.6 is 0 Å². The van der Waals surface area contributed by atoms with Gasteiger partial charge in [-0.2, -0.15) is 4.31 Å². The van der Waals surface area contributed by atoms with Crippen molar-refractivity contribution >= 4 is 10.0 Å². The molecule has 1 saturated heterocycles. The first kappa shape index (κ1) is 14.9. The van der Waals surface area contributed by atoms with Crippen molar-refractivity contribution in [2.75, 3.05) is 45.5 Å². The van der Waals surface area contributed by atoms with Crippen molar-refractivity contribution in [2.45, 2.75) is 26.3 Å². The number of hydrogen-bond donors (Lipinski definition) is 1. The molecule has 17 heavy (non-hydrogen) atoms. The topological polar surface area (TPSA) is 52.7 Å². The van der Waals surface area contributed by atoms with Gasteiger partial charge in [-0.3, -0.25) is 4.90 Å². The fraction of sp³-hybridized carbons (Fsp3) is 1.00. The Labute approximate surface area is 105 Å². The molecular formula is C11H25N3O2S. The van der Waals surface area contributed by atoms with E-state index in [1.165, 1.54) is 0 Å². The van der Waals surface area contributed by atoms with Crippen LogP contribution in [0.25, 0.3) is 0 Å². The Bertz CT molecular complexity index is 309. The molecule has 1 N–H and O–H groups in total. The van der Waals surface area contributed by atoms with E-state index >= 15 is 0 Å². The zero-order valence-corrected chi connectivity index (χ0v) is 12.0. The lowest BCUT2D eigenvalue weighted by Gasteiger charge is -2.36. The molecule has 0 aromatic carbocycles. The van der Waals surface area contributed by atoms with Crippen LogP contribution in [0.4, 0.5) is 0 Å². The molecule has 0 aromatic rings. The molecule has 1 aliphatic heterocycles. The molecule has 0 amide bonds. The van der Waals surface area contributed by atoms with Crippen LogP contribution in [0, 0.1) is 0 Å². The van der Waals surface area contributed by atoms with Gasteiger partial charge in [-0.05, 0) is 33.9 Å². The molecule has 0 spiro atoms. The summed E-state index contributed by atoms with van der Waals surface area (Å²) >= 11 is 0. The highest BCUT2D eigenvalue weighted by Crippen LogP contribution is 2.10. The molecule has 0 unspecified atom stereocenters. The molecule has 0 bridgehead atoms. The van der Waals surface area contributed by atoms with Crippen molar-refractivity contribution in [3.63, 3.8) is 0 Å². The second-order valence-corrected chi connectivity index (χ2v) is 6.89. The first-order valence-electron chi connectivity index (χ1n) is 6.34. The van der Waals surface area contributed by atoms with Crippen molar-refractivity contribution < 1.29 is 8.42 Å². The van der Waals surface area contributed by atoms with Gasteiger partial charge in [0.2, 0.25) is 10.0 Å². The second kappa shape index (κ2) is 6.68. The maximum atomic E-state index is 12.0. The van der Waals surface area contributed by atoms with Gasteiger partial charge < -0.3 is 5.32 Å². The zero-order chi connectivity index (χ0) is 12.9. The Hall–Kier alpha value is -0.170. The molecule has 5 nitrogen and oxygen atoms in total. The minimum Gasteiger partial charge on any atom is -0.320 e. The Kier molecular flexibility index (Phi) is 5.85. The van der Waals surface area contributed by atoms with Crippen LogP contribution in [0.3, 0.4) is 0 Å². The number of hydrogen-bond acceptors (Lipinski definition) is 4. The highest BCUT2D eigenvalue weighted by molar-refractivity contribution is 7.89. The number of rotatable bonds is 6. The molecule has 0 atom stereocenters. The standard InChI is InChI=1S/C11H25N3O2S/c1-11(2)13-6-8-14(9-7-13)17(15,16)10-4-5-12-3/h11-12H,4-10H2,1-3H3. The van der Waals surface area contributed by atoms with Gasteiger partial charge in [0.25, 0.3) is 0 Å². The van der Waals surface area contributed by atoms with E-state index in [0.29, 0.717) is 25.6 Å². The molecule has 1 aliphatic rings. The highest BCUT2D eigenvalue weighted by Gasteiger charge is 2.26. The van der Waals surface area contributed by atoms with Gasteiger partial charge >= 0.3 is 0 Å². The van der Waals surface area contributed by atoms with Crippen molar-refractivity contribution in [2.24, 2.45) is 0 Å². The number of nitrogens with zero attached hydrogens (tertiary/aromatic N) is 2. The summed E-state index contributed by atoms with van der Waals surface area (Å²) in [5, 5.41) is 2.97. The van der Waals surface area contributed by atoms with Crippen molar-refractivity contribution in [1.29, 1.82) is 0 Å². The Morgan fingerprint density at radius 1 is 1.18 bits per heavy atom. The predicted molar refractivity (Wildman–Crippen MR) is 70.6 cm³/mol. The largest absolute Gasteiger partial charge is 0.320 e. The molecular weight excluding hydrogens is 238 g/mol. The maximum absolute atomic E-state index is 12.0. The molecule has 6 heteroatoms. The smallest absolute Gasteiger partial charge is 0.214 e. The van der Waals surface area contributed by atoms with E-state index in [1.54, 1.807) is 4.31 Å². The summed E-state index contributed by atoms with van der Waals surface area (Å²) in [6, 6.07) is 0.504. The predicted octanol–water partition coefficient (Wildman–Crippen LogP) is -0.0483. The van der Waals surface area contributed by atoms with E-state index in [9.17, 15) is 8.42 Å². The van der Waals surface area contributed by atoms with Gasteiger partial charge in [0, 0.05) is 32.2 Å². The van der Waals surface area contributed by atoms with Gasteiger partial charge in [0.1, 0.15) is 0 Å². The summed E-state index contributed by atoms with van der Waals surface area (Å²) in [4.78, 5) is 2.32. The summed E-state index contributed by atoms with van der Waals surface area (Å²) in [5.41, 5.74) is 0. The highest BCUT2D eigenvalue weighted by atomic mass is 32.2. The maximum Gasteiger partial charge on any atom is 0.214 e. The summed E-state index contributed by atoms with van der Waals surface area (Å²) in [7, 11) is -1.20. The fourth-order valence-corrected chi connectivity index (χ4v) is 3.55. The SMILES string of the molecule is CNCCCS(=O)(=O)N1CCN(C(C)C)CC1. The van der Waals surface area contributed by atoms with E-state index < -0.39 is 10.0 Å². The Morgan fingerprint density at radius 3 is 2.24 bits per heavy atom. The minimum absolute atomic E-state index is 0.259. The van der Waals surface area contributed by atoms with Crippen LogP contribution in [0.1, 0.15) is 20.3 Å². The minimum atomic E-state index is -3.04. The number of piperazine rings is 1. The third-order valence-corrected chi connectivity index (χ3v) is 5.18. The molecule has 0 saturated carbocycles. The zero-order valence-electron chi connectivity index (χ0n) is 11.1. The summed E-state index contributed by atoms with van der Waals surface area (Å²) in [6.07, 6.45) is 0.684. The van der Waals surface area contributed by atoms with Gasteiger partial charge in [-0.1, -0.05) is 0 Å². The van der Waals surface area contributed by atoms with Crippen LogP contribution in [0.5, 0.6) is 0 Å². The number of sulfonamides is 1. The van der Waals surface area contributed by atoms with Crippen molar-refractivity contribution in [1.82, 2.24) is 14.5 Å². The monoisotopic (exact) mass is 263 g/mol. The summed E-state index contributed by atoms with van der Waals surface area (Å²) in [5.74, 6) is 0.259. The van der Waals surface area contributed by atoms with Crippen LogP contribution in [0.15, 0.2) is 0 Å². The molecule has 1 fully saturated rings. The van der Waals surface area contributed by atoms with E-state index in [4.69, 9.17) is 0 Å². The first-order valence-corrected chi connectivity index (χ1v) is 7.95. The first-order chi connectivity index (χ1) is 7.97. The van der Waals surface area contributed by atoms with E-state index in [0.717, 1.165) is 19.6 Å². The van der Waals surface area contributed by atoms with Crippen LogP contribution in [0.2, 0.25) is 0 Å². The van der Waals surface area contributed by atoms with E-state index in [-0.39, 0.29) is 5.75 Å². The lowest BCUT2D eigenvalue weighted by atomic mass is 10.3. The van der Waals surface area contributed by atoms with Gasteiger partial charge in [-0.15, -0.1) is 0 Å². The van der Waals surface area contributed by atoms with Crippen LogP contribution < -0.4 is 5.32 Å². The van der Waals surface area contributed by atoms with Crippen LogP contribution in [-0.4, -0.2) is 69.2 Å². The molecule has 0 aliphatic carbocycles.